The molecule has 7 heteroatoms. The highest BCUT2D eigenvalue weighted by atomic mass is 79.9. The molecule has 0 saturated carbocycles. The molecule has 0 aliphatic rings. The number of nitriles is 2. The van der Waals surface area contributed by atoms with Crippen LogP contribution >= 0.6 is 47.8 Å². The van der Waals surface area contributed by atoms with Gasteiger partial charge >= 0.3 is 0 Å². The Morgan fingerprint density at radius 2 is 1.56 bits per heavy atom. The third-order valence-electron chi connectivity index (χ3n) is 1.50. The van der Waals surface area contributed by atoms with E-state index in [0.717, 1.165) is 4.47 Å². The average molecular weight is 407 g/mol. The van der Waals surface area contributed by atoms with Gasteiger partial charge in [0, 0.05) is 13.4 Å². The van der Waals surface area contributed by atoms with E-state index in [4.69, 9.17) is 10.5 Å². The lowest BCUT2D eigenvalue weighted by atomic mass is 10.3. The van der Waals surface area contributed by atoms with Gasteiger partial charge < -0.3 is 0 Å². The average Bonchev–Trinajstić information content (AvgIpc) is 2.22. The summed E-state index contributed by atoms with van der Waals surface area (Å²) in [4.78, 5) is 0. The lowest BCUT2D eigenvalue weighted by Gasteiger charge is -2.01. The third kappa shape index (κ3) is 3.38. The molecule has 0 N–H and O–H groups in total. The zero-order valence-corrected chi connectivity index (χ0v) is 12.4. The zero-order chi connectivity index (χ0) is 12.1. The lowest BCUT2D eigenvalue weighted by Crippen LogP contribution is -1.92. The molecule has 0 atom stereocenters. The summed E-state index contributed by atoms with van der Waals surface area (Å²) in [7, 11) is 0. The fourth-order valence-electron chi connectivity index (χ4n) is 0.826. The van der Waals surface area contributed by atoms with Gasteiger partial charge in [-0.3, -0.25) is 0 Å². The van der Waals surface area contributed by atoms with Gasteiger partial charge in [0.1, 0.15) is 17.8 Å². The fourth-order valence-corrected chi connectivity index (χ4v) is 3.24. The van der Waals surface area contributed by atoms with Crippen molar-refractivity contribution < 1.29 is 0 Å². The van der Waals surface area contributed by atoms with Crippen LogP contribution in [0.4, 0.5) is 5.69 Å². The van der Waals surface area contributed by atoms with Crippen LogP contribution in [0, 0.1) is 22.7 Å². The third-order valence-corrected chi connectivity index (χ3v) is 3.17. The van der Waals surface area contributed by atoms with E-state index in [2.05, 4.69) is 58.0 Å². The molecule has 1 aromatic carbocycles. The largest absolute Gasteiger partial charge is 0.242 e. The van der Waals surface area contributed by atoms with E-state index in [0.29, 0.717) is 14.6 Å². The van der Waals surface area contributed by atoms with Gasteiger partial charge in [0.05, 0.1) is 0 Å². The number of hydrogen-bond acceptors (Lipinski definition) is 4. The zero-order valence-electron chi connectivity index (χ0n) is 7.65. The fraction of sp³-hybridized carbons (Fsp3) is 0.111. The van der Waals surface area contributed by atoms with Crippen molar-refractivity contribution in [1.82, 2.24) is 0 Å². The van der Waals surface area contributed by atoms with Crippen molar-refractivity contribution in [3.8, 4) is 12.1 Å². The summed E-state index contributed by atoms with van der Waals surface area (Å²) in [6.45, 7) is 0. The monoisotopic (exact) mass is 404 g/mol. The molecule has 0 saturated heterocycles. The maximum absolute atomic E-state index is 8.53. The van der Waals surface area contributed by atoms with Crippen LogP contribution in [-0.4, -0.2) is 6.04 Å². The highest BCUT2D eigenvalue weighted by molar-refractivity contribution is 9.11. The summed E-state index contributed by atoms with van der Waals surface area (Å²) < 4.78 is 2.31. The van der Waals surface area contributed by atoms with Crippen LogP contribution in [-0.2, 0) is 0 Å². The summed E-state index contributed by atoms with van der Waals surface area (Å²) in [5.41, 5.74) is 0.540. The van der Waals surface area contributed by atoms with Crippen molar-refractivity contribution in [2.24, 2.45) is 10.2 Å². The molecular weight excluding hydrogens is 404 g/mol. The van der Waals surface area contributed by atoms with E-state index in [1.165, 1.54) is 0 Å². The minimum Gasteiger partial charge on any atom is -0.195 e. The topological polar surface area (TPSA) is 72.3 Å². The number of halogens is 3. The molecule has 16 heavy (non-hydrogen) atoms. The minimum atomic E-state index is -1.08. The van der Waals surface area contributed by atoms with Crippen molar-refractivity contribution in [2.75, 3.05) is 0 Å². The van der Waals surface area contributed by atoms with Crippen molar-refractivity contribution in [1.29, 1.82) is 10.5 Å². The van der Waals surface area contributed by atoms with Gasteiger partial charge in [0.15, 0.2) is 0 Å². The number of hydrogen-bond donors (Lipinski definition) is 0. The van der Waals surface area contributed by atoms with E-state index in [-0.39, 0.29) is 0 Å². The van der Waals surface area contributed by atoms with Gasteiger partial charge in [-0.2, -0.15) is 20.8 Å². The number of rotatable bonds is 2. The first-order valence-electron chi connectivity index (χ1n) is 3.93. The quantitative estimate of drug-likeness (QED) is 0.679. The first-order valence-corrected chi connectivity index (χ1v) is 6.31. The number of nitrogens with zero attached hydrogens (tertiary/aromatic N) is 4. The number of benzene rings is 1. The molecule has 0 unspecified atom stereocenters. The molecule has 1 rings (SSSR count). The normalized spacial score (nSPS) is 10.4. The van der Waals surface area contributed by atoms with Crippen LogP contribution in [0.3, 0.4) is 0 Å². The second-order valence-electron chi connectivity index (χ2n) is 2.59. The summed E-state index contributed by atoms with van der Waals surface area (Å²) in [5, 5.41) is 24.5. The SMILES string of the molecule is N#CC(C#N)N=Nc1c(Br)cc(Br)cc1Br. The van der Waals surface area contributed by atoms with Gasteiger partial charge in [-0.25, -0.2) is 0 Å². The van der Waals surface area contributed by atoms with Gasteiger partial charge in [-0.1, -0.05) is 15.9 Å². The maximum Gasteiger partial charge on any atom is 0.242 e. The molecule has 80 valence electrons. The second kappa shape index (κ2) is 6.09. The molecule has 1 aromatic rings. The molecule has 0 amide bonds. The van der Waals surface area contributed by atoms with Crippen LogP contribution in [0.1, 0.15) is 0 Å². The molecule has 0 aliphatic carbocycles. The van der Waals surface area contributed by atoms with Gasteiger partial charge in [0.2, 0.25) is 6.04 Å². The molecule has 0 fully saturated rings. The summed E-state index contributed by atoms with van der Waals surface area (Å²) in [6.07, 6.45) is 0. The summed E-state index contributed by atoms with van der Waals surface area (Å²) in [6, 6.07) is 5.94. The predicted octanol–water partition coefficient (Wildman–Crippen LogP) is 4.47. The molecule has 0 bridgehead atoms. The smallest absolute Gasteiger partial charge is 0.195 e. The van der Waals surface area contributed by atoms with Crippen molar-refractivity contribution in [2.45, 2.75) is 6.04 Å². The Morgan fingerprint density at radius 1 is 1.06 bits per heavy atom. The van der Waals surface area contributed by atoms with Gasteiger partial charge in [-0.15, -0.1) is 0 Å². The lowest BCUT2D eigenvalue weighted by molar-refractivity contribution is 0.946. The van der Waals surface area contributed by atoms with Crippen molar-refractivity contribution in [3.63, 3.8) is 0 Å². The molecule has 0 aromatic heterocycles. The van der Waals surface area contributed by atoms with E-state index in [9.17, 15) is 0 Å². The molecule has 0 radical (unpaired) electrons. The summed E-state index contributed by atoms with van der Waals surface area (Å²) >= 11 is 9.94. The molecular formula is C9H3Br3N4. The second-order valence-corrected chi connectivity index (χ2v) is 5.22. The highest BCUT2D eigenvalue weighted by Gasteiger charge is 2.07. The van der Waals surface area contributed by atoms with Crippen LogP contribution in [0.5, 0.6) is 0 Å². The van der Waals surface area contributed by atoms with E-state index in [1.54, 1.807) is 24.3 Å². The maximum atomic E-state index is 8.53. The van der Waals surface area contributed by atoms with Crippen molar-refractivity contribution >= 4 is 53.5 Å². The van der Waals surface area contributed by atoms with E-state index in [1.807, 2.05) is 0 Å². The van der Waals surface area contributed by atoms with Crippen LogP contribution in [0.2, 0.25) is 0 Å². The van der Waals surface area contributed by atoms with Crippen molar-refractivity contribution in [3.05, 3.63) is 25.6 Å². The number of azo groups is 1. The van der Waals surface area contributed by atoms with Gasteiger partial charge in [-0.05, 0) is 44.0 Å². The standard InChI is InChI=1S/C9H3Br3N4/c10-5-1-7(11)9(8(12)2-5)16-15-6(3-13)4-14/h1-2,6H. The van der Waals surface area contributed by atoms with Crippen LogP contribution in [0.25, 0.3) is 0 Å². The first kappa shape index (κ1) is 13.3. The Bertz CT molecular complexity index is 475. The Kier molecular flexibility index (Phi) is 5.07. The van der Waals surface area contributed by atoms with E-state index < -0.39 is 6.04 Å². The van der Waals surface area contributed by atoms with Gasteiger partial charge in [0.25, 0.3) is 0 Å². The molecule has 0 heterocycles. The Morgan fingerprint density at radius 3 is 2.00 bits per heavy atom. The Balaban J connectivity index is 3.08. The minimum absolute atomic E-state index is 0.540. The predicted molar refractivity (Wildman–Crippen MR) is 69.1 cm³/mol. The Hall–Kier alpha value is -0.760. The first-order chi connectivity index (χ1) is 7.58. The summed E-state index contributed by atoms with van der Waals surface area (Å²) in [5.74, 6) is 0. The Labute approximate surface area is 117 Å². The van der Waals surface area contributed by atoms with E-state index >= 15 is 0 Å². The molecule has 4 nitrogen and oxygen atoms in total. The molecule has 0 spiro atoms. The van der Waals surface area contributed by atoms with Crippen LogP contribution in [0.15, 0.2) is 35.8 Å². The highest BCUT2D eigenvalue weighted by Crippen LogP contribution is 2.36. The molecule has 0 aliphatic heterocycles. The van der Waals surface area contributed by atoms with Crippen LogP contribution < -0.4 is 0 Å².